The largest absolute Gasteiger partial charge is 0.481 e. The first-order chi connectivity index (χ1) is 4.27. The number of hydrogen-bond donors (Lipinski definition) is 1. The van der Waals surface area contributed by atoms with Crippen LogP contribution < -0.4 is 0 Å². The lowest BCUT2D eigenvalue weighted by molar-refractivity contribution is -0.137. The maximum atomic E-state index is 9.84. The predicted octanol–water partition coefficient (Wildman–Crippen LogP) is 0.539. The summed E-state index contributed by atoms with van der Waals surface area (Å²) >= 11 is 0. The Bertz CT molecular complexity index is 103. The molecule has 1 atom stereocenters. The van der Waals surface area contributed by atoms with Crippen LogP contribution in [-0.2, 0) is 13.9 Å². The number of carboxylic acid groups (broad SMARTS) is 1. The highest BCUT2D eigenvalue weighted by Crippen LogP contribution is 1.97. The van der Waals surface area contributed by atoms with Crippen LogP contribution in [0.3, 0.4) is 0 Å². The zero-order chi connectivity index (χ0) is 7.11. The molecule has 0 amide bonds. The maximum absolute atomic E-state index is 9.84. The molecule has 54 valence electrons. The van der Waals surface area contributed by atoms with Crippen LogP contribution >= 0.6 is 8.69 Å². The minimum Gasteiger partial charge on any atom is -0.481 e. The Morgan fingerprint density at radius 3 is 2.78 bits per heavy atom. The van der Waals surface area contributed by atoms with Gasteiger partial charge in [0.25, 0.3) is 0 Å². The normalized spacial score (nSPS) is 10.7. The molecule has 0 aliphatic carbocycles. The van der Waals surface area contributed by atoms with Gasteiger partial charge >= 0.3 is 5.97 Å². The third kappa shape index (κ3) is 7.66. The number of carbonyl (C=O) groups is 1. The van der Waals surface area contributed by atoms with Crippen molar-refractivity contribution in [3.63, 3.8) is 0 Å². The molecule has 4 nitrogen and oxygen atoms in total. The number of hydrogen-bond acceptors (Lipinski definition) is 3. The van der Waals surface area contributed by atoms with Gasteiger partial charge in [-0.2, -0.15) is 0 Å². The Kier molecular flexibility index (Phi) is 5.57. The molecule has 0 aliphatic heterocycles. The van der Waals surface area contributed by atoms with E-state index < -0.39 is 14.7 Å². The van der Waals surface area contributed by atoms with E-state index in [-0.39, 0.29) is 13.0 Å². The number of rotatable bonds is 5. The van der Waals surface area contributed by atoms with Gasteiger partial charge in [-0.15, -0.1) is 0 Å². The molecule has 0 aromatic heterocycles. The Morgan fingerprint density at radius 1 is 1.67 bits per heavy atom. The van der Waals surface area contributed by atoms with Gasteiger partial charge in [0.2, 0.25) is 0 Å². The SMILES string of the molecule is O=[PH2]OCCCC(=O)O. The summed E-state index contributed by atoms with van der Waals surface area (Å²) < 4.78 is 14.1. The maximum Gasteiger partial charge on any atom is 0.303 e. The van der Waals surface area contributed by atoms with Crippen LogP contribution in [0, 0.1) is 0 Å². The molecule has 0 heterocycles. The molecule has 0 saturated heterocycles. The van der Waals surface area contributed by atoms with Gasteiger partial charge in [0, 0.05) is 6.42 Å². The first-order valence-corrected chi connectivity index (χ1v) is 3.48. The minimum atomic E-state index is -1.18. The summed E-state index contributed by atoms with van der Waals surface area (Å²) in [5, 5.41) is 8.09. The predicted molar refractivity (Wildman–Crippen MR) is 33.2 cm³/mol. The van der Waals surface area contributed by atoms with E-state index in [2.05, 4.69) is 4.52 Å². The molecule has 0 aromatic carbocycles. The monoisotopic (exact) mass is 152 g/mol. The highest BCUT2D eigenvalue weighted by molar-refractivity contribution is 7.17. The first kappa shape index (κ1) is 8.66. The van der Waals surface area contributed by atoms with Crippen molar-refractivity contribution in [1.82, 2.24) is 0 Å². The molecule has 1 unspecified atom stereocenters. The third-order valence-corrected chi connectivity index (χ3v) is 1.09. The van der Waals surface area contributed by atoms with Gasteiger partial charge in [0.05, 0.1) is 6.61 Å². The summed E-state index contributed by atoms with van der Waals surface area (Å²) in [6, 6.07) is 0. The summed E-state index contributed by atoms with van der Waals surface area (Å²) in [4.78, 5) is 9.84. The van der Waals surface area contributed by atoms with E-state index in [1.54, 1.807) is 0 Å². The molecular weight excluding hydrogens is 143 g/mol. The van der Waals surface area contributed by atoms with E-state index in [1.807, 2.05) is 0 Å². The Balaban J connectivity index is 2.91. The Morgan fingerprint density at radius 2 is 2.33 bits per heavy atom. The molecular formula is C4H9O4P. The highest BCUT2D eigenvalue weighted by Gasteiger charge is 1.93. The molecule has 0 bridgehead atoms. The summed E-state index contributed by atoms with van der Waals surface area (Å²) in [6.45, 7) is 0.283. The lowest BCUT2D eigenvalue weighted by atomic mass is 10.3. The van der Waals surface area contributed by atoms with Crippen LogP contribution in [0.4, 0.5) is 0 Å². The fraction of sp³-hybridized carbons (Fsp3) is 0.750. The molecule has 1 N–H and O–H groups in total. The van der Waals surface area contributed by atoms with Crippen molar-refractivity contribution < 1.29 is 19.0 Å². The molecule has 0 rings (SSSR count). The fourth-order valence-corrected chi connectivity index (χ4v) is 0.618. The van der Waals surface area contributed by atoms with Crippen LogP contribution in [0.15, 0.2) is 0 Å². The zero-order valence-corrected chi connectivity index (χ0v) is 6.03. The highest BCUT2D eigenvalue weighted by atomic mass is 31.1. The van der Waals surface area contributed by atoms with Crippen molar-refractivity contribution >= 4 is 14.7 Å². The summed E-state index contributed by atoms with van der Waals surface area (Å²) in [7, 11) is -1.18. The second-order valence-corrected chi connectivity index (χ2v) is 1.99. The van der Waals surface area contributed by atoms with Crippen LogP contribution in [0.2, 0.25) is 0 Å². The van der Waals surface area contributed by atoms with Crippen molar-refractivity contribution in [3.05, 3.63) is 0 Å². The van der Waals surface area contributed by atoms with Crippen LogP contribution in [-0.4, -0.2) is 17.7 Å². The second-order valence-electron chi connectivity index (χ2n) is 1.46. The van der Waals surface area contributed by atoms with Gasteiger partial charge in [-0.05, 0) is 6.42 Å². The van der Waals surface area contributed by atoms with E-state index in [0.717, 1.165) is 0 Å². The van der Waals surface area contributed by atoms with Crippen molar-refractivity contribution in [2.75, 3.05) is 6.61 Å². The van der Waals surface area contributed by atoms with Crippen molar-refractivity contribution in [2.24, 2.45) is 0 Å². The second kappa shape index (κ2) is 5.79. The number of carboxylic acids is 1. The summed E-state index contributed by atoms with van der Waals surface area (Å²) in [6.07, 6.45) is 0.518. The molecule has 0 saturated carbocycles. The lowest BCUT2D eigenvalue weighted by Gasteiger charge is -1.91. The molecule has 0 fully saturated rings. The first-order valence-electron chi connectivity index (χ1n) is 2.54. The van der Waals surface area contributed by atoms with Gasteiger partial charge < -0.3 is 9.63 Å². The fourth-order valence-electron chi connectivity index (χ4n) is 0.355. The average molecular weight is 152 g/mol. The van der Waals surface area contributed by atoms with Crippen LogP contribution in [0.25, 0.3) is 0 Å². The molecule has 5 heteroatoms. The Labute approximate surface area is 54.1 Å². The molecule has 0 aliphatic rings. The van der Waals surface area contributed by atoms with Crippen molar-refractivity contribution in [1.29, 1.82) is 0 Å². The van der Waals surface area contributed by atoms with Crippen molar-refractivity contribution in [3.8, 4) is 0 Å². The van der Waals surface area contributed by atoms with Gasteiger partial charge in [0.15, 0.2) is 8.69 Å². The van der Waals surface area contributed by atoms with Crippen LogP contribution in [0.1, 0.15) is 12.8 Å². The third-order valence-electron chi connectivity index (χ3n) is 0.721. The lowest BCUT2D eigenvalue weighted by Crippen LogP contribution is -1.95. The molecule has 0 spiro atoms. The Hall–Kier alpha value is -0.340. The smallest absolute Gasteiger partial charge is 0.303 e. The van der Waals surface area contributed by atoms with E-state index >= 15 is 0 Å². The van der Waals surface area contributed by atoms with Crippen LogP contribution in [0.5, 0.6) is 0 Å². The summed E-state index contributed by atoms with van der Waals surface area (Å²) in [5.41, 5.74) is 0. The van der Waals surface area contributed by atoms with E-state index in [4.69, 9.17) is 5.11 Å². The summed E-state index contributed by atoms with van der Waals surface area (Å²) in [5.74, 6) is -0.848. The van der Waals surface area contributed by atoms with E-state index in [0.29, 0.717) is 6.42 Å². The van der Waals surface area contributed by atoms with Gasteiger partial charge in [-0.25, -0.2) is 0 Å². The van der Waals surface area contributed by atoms with E-state index in [9.17, 15) is 9.36 Å². The number of aliphatic carboxylic acids is 1. The topological polar surface area (TPSA) is 63.6 Å². The van der Waals surface area contributed by atoms with Gasteiger partial charge in [-0.1, -0.05) is 0 Å². The standard InChI is InChI=1S/C4H9O4P/c5-4(6)2-1-3-8-9-7/h1-3,9H2,(H,5,6). The molecule has 0 radical (unpaired) electrons. The minimum absolute atomic E-state index is 0.0828. The average Bonchev–Trinajstić information content (AvgIpc) is 1.80. The zero-order valence-electron chi connectivity index (χ0n) is 4.87. The van der Waals surface area contributed by atoms with Gasteiger partial charge in [-0.3, -0.25) is 9.36 Å². The molecule has 9 heavy (non-hydrogen) atoms. The quantitative estimate of drug-likeness (QED) is 0.461. The molecule has 0 aromatic rings. The van der Waals surface area contributed by atoms with Crippen molar-refractivity contribution in [2.45, 2.75) is 12.8 Å². The van der Waals surface area contributed by atoms with E-state index in [1.165, 1.54) is 0 Å². The van der Waals surface area contributed by atoms with Gasteiger partial charge in [0.1, 0.15) is 0 Å².